The molecule has 182 valence electrons. The minimum Gasteiger partial charge on any atom is -0.381 e. The maximum atomic E-state index is 6.13. The molecule has 0 saturated carbocycles. The fourth-order valence-corrected chi connectivity index (χ4v) is 5.28. The molecule has 35 heavy (non-hydrogen) atoms. The summed E-state index contributed by atoms with van der Waals surface area (Å²) in [5, 5.41) is 7.90. The minimum atomic E-state index is -0.0611. The van der Waals surface area contributed by atoms with E-state index >= 15 is 0 Å². The van der Waals surface area contributed by atoms with Crippen molar-refractivity contribution in [3.05, 3.63) is 82.0 Å². The van der Waals surface area contributed by atoms with Crippen LogP contribution in [0.2, 0.25) is 5.02 Å². The van der Waals surface area contributed by atoms with E-state index in [1.165, 1.54) is 16.7 Å². The van der Waals surface area contributed by atoms with Gasteiger partial charge in [-0.25, -0.2) is 4.98 Å². The highest BCUT2D eigenvalue weighted by Gasteiger charge is 2.34. The van der Waals surface area contributed by atoms with Crippen molar-refractivity contribution >= 4 is 40.7 Å². The monoisotopic (exact) mass is 507 g/mol. The van der Waals surface area contributed by atoms with E-state index in [1.807, 2.05) is 25.1 Å². The van der Waals surface area contributed by atoms with Gasteiger partial charge in [-0.15, -0.1) is 0 Å². The number of hydrogen-bond acceptors (Lipinski definition) is 5. The number of halogens is 1. The van der Waals surface area contributed by atoms with Crippen molar-refractivity contribution in [2.45, 2.75) is 38.1 Å². The summed E-state index contributed by atoms with van der Waals surface area (Å²) < 4.78 is 5.65. The standard InChI is InChI=1S/C27H30ClN5OS/c1-19-16-24(33-13-10-20-4-2-3-5-21(20)17-33)31-25(30-19)32-26(35)29-18-27(11-14-34-15-12-27)22-6-8-23(28)9-7-22/h2-9,16H,10-15,17-18H2,1H3,(H2,29,30,31,32,35). The average Bonchev–Trinajstić information content (AvgIpc) is 2.88. The van der Waals surface area contributed by atoms with Crippen molar-refractivity contribution in [1.82, 2.24) is 15.3 Å². The molecule has 2 aliphatic rings. The second kappa shape index (κ2) is 10.5. The third-order valence-corrected chi connectivity index (χ3v) is 7.51. The lowest BCUT2D eigenvalue weighted by Gasteiger charge is -2.38. The van der Waals surface area contributed by atoms with Crippen molar-refractivity contribution < 1.29 is 4.74 Å². The minimum absolute atomic E-state index is 0.0611. The number of hydrogen-bond donors (Lipinski definition) is 2. The van der Waals surface area contributed by atoms with Crippen LogP contribution in [-0.4, -0.2) is 41.4 Å². The lowest BCUT2D eigenvalue weighted by molar-refractivity contribution is 0.0515. The first-order chi connectivity index (χ1) is 17.0. The van der Waals surface area contributed by atoms with E-state index in [1.54, 1.807) is 0 Å². The van der Waals surface area contributed by atoms with Gasteiger partial charge in [-0.05, 0) is 67.2 Å². The molecule has 8 heteroatoms. The van der Waals surface area contributed by atoms with Gasteiger partial charge in [0, 0.05) is 55.0 Å². The summed E-state index contributed by atoms with van der Waals surface area (Å²) in [7, 11) is 0. The van der Waals surface area contributed by atoms with Crippen LogP contribution in [-0.2, 0) is 23.1 Å². The molecule has 0 amide bonds. The van der Waals surface area contributed by atoms with Gasteiger partial charge in [0.1, 0.15) is 5.82 Å². The Kier molecular flexibility index (Phi) is 7.18. The van der Waals surface area contributed by atoms with E-state index in [4.69, 9.17) is 33.5 Å². The molecule has 3 aromatic rings. The Hall–Kier alpha value is -2.74. The van der Waals surface area contributed by atoms with Crippen LogP contribution in [0, 0.1) is 6.92 Å². The summed E-state index contributed by atoms with van der Waals surface area (Å²) in [5.74, 6) is 1.43. The van der Waals surface area contributed by atoms with Crippen LogP contribution in [0.3, 0.4) is 0 Å². The maximum Gasteiger partial charge on any atom is 0.231 e. The molecule has 2 N–H and O–H groups in total. The molecule has 6 nitrogen and oxygen atoms in total. The first kappa shape index (κ1) is 24.0. The lowest BCUT2D eigenvalue weighted by atomic mass is 9.74. The van der Waals surface area contributed by atoms with Gasteiger partial charge < -0.3 is 20.3 Å². The van der Waals surface area contributed by atoms with Crippen molar-refractivity contribution in [3.63, 3.8) is 0 Å². The summed E-state index contributed by atoms with van der Waals surface area (Å²) >= 11 is 11.8. The number of benzene rings is 2. The number of thiocarbonyl (C=S) groups is 1. The van der Waals surface area contributed by atoms with E-state index < -0.39 is 0 Å². The molecular formula is C27H30ClN5OS. The number of rotatable bonds is 5. The Morgan fingerprint density at radius 3 is 2.60 bits per heavy atom. The van der Waals surface area contributed by atoms with Gasteiger partial charge in [0.2, 0.25) is 5.95 Å². The molecule has 0 spiro atoms. The second-order valence-electron chi connectivity index (χ2n) is 9.34. The predicted octanol–water partition coefficient (Wildman–Crippen LogP) is 5.04. The van der Waals surface area contributed by atoms with Gasteiger partial charge in [0.15, 0.2) is 5.11 Å². The smallest absolute Gasteiger partial charge is 0.231 e. The Labute approximate surface area is 217 Å². The van der Waals surface area contributed by atoms with Gasteiger partial charge in [0.25, 0.3) is 0 Å². The molecule has 2 aromatic carbocycles. The largest absolute Gasteiger partial charge is 0.381 e. The van der Waals surface area contributed by atoms with Crippen LogP contribution in [0.15, 0.2) is 54.6 Å². The van der Waals surface area contributed by atoms with E-state index in [9.17, 15) is 0 Å². The van der Waals surface area contributed by atoms with Crippen molar-refractivity contribution in [2.24, 2.45) is 0 Å². The molecule has 0 atom stereocenters. The summed E-state index contributed by atoms with van der Waals surface area (Å²) in [6, 6.07) is 18.8. The Morgan fingerprint density at radius 1 is 1.09 bits per heavy atom. The molecule has 0 unspecified atom stereocenters. The highest BCUT2D eigenvalue weighted by Crippen LogP contribution is 2.35. The molecule has 1 fully saturated rings. The molecule has 3 heterocycles. The molecular weight excluding hydrogens is 478 g/mol. The number of aryl methyl sites for hydroxylation is 1. The average molecular weight is 508 g/mol. The number of aromatic nitrogens is 2. The topological polar surface area (TPSA) is 62.3 Å². The van der Waals surface area contributed by atoms with Gasteiger partial charge >= 0.3 is 0 Å². The van der Waals surface area contributed by atoms with Crippen LogP contribution in [0.5, 0.6) is 0 Å². The van der Waals surface area contributed by atoms with E-state index in [-0.39, 0.29) is 5.41 Å². The number of ether oxygens (including phenoxy) is 1. The van der Waals surface area contributed by atoms with Crippen LogP contribution < -0.4 is 15.5 Å². The summed E-state index contributed by atoms with van der Waals surface area (Å²) in [6.07, 6.45) is 2.86. The summed E-state index contributed by atoms with van der Waals surface area (Å²) in [6.45, 7) is 5.93. The zero-order chi connectivity index (χ0) is 24.3. The molecule has 1 saturated heterocycles. The third kappa shape index (κ3) is 5.58. The zero-order valence-electron chi connectivity index (χ0n) is 19.9. The van der Waals surface area contributed by atoms with E-state index in [2.05, 4.69) is 56.9 Å². The normalized spacial score (nSPS) is 16.9. The zero-order valence-corrected chi connectivity index (χ0v) is 21.5. The van der Waals surface area contributed by atoms with Crippen LogP contribution >= 0.6 is 23.8 Å². The molecule has 5 rings (SSSR count). The van der Waals surface area contributed by atoms with Crippen LogP contribution in [0.1, 0.15) is 35.2 Å². The number of anilines is 2. The highest BCUT2D eigenvalue weighted by atomic mass is 35.5. The molecule has 1 aromatic heterocycles. The van der Waals surface area contributed by atoms with Gasteiger partial charge in [-0.1, -0.05) is 48.0 Å². The second-order valence-corrected chi connectivity index (χ2v) is 10.2. The molecule has 2 aliphatic heterocycles. The van der Waals surface area contributed by atoms with Crippen molar-refractivity contribution in [1.29, 1.82) is 0 Å². The predicted molar refractivity (Wildman–Crippen MR) is 145 cm³/mol. The van der Waals surface area contributed by atoms with Gasteiger partial charge in [0.05, 0.1) is 0 Å². The van der Waals surface area contributed by atoms with Crippen LogP contribution in [0.4, 0.5) is 11.8 Å². The third-order valence-electron chi connectivity index (χ3n) is 7.01. The van der Waals surface area contributed by atoms with Crippen molar-refractivity contribution in [2.75, 3.05) is 36.5 Å². The van der Waals surface area contributed by atoms with Gasteiger partial charge in [-0.2, -0.15) is 4.98 Å². The van der Waals surface area contributed by atoms with Crippen LogP contribution in [0.25, 0.3) is 0 Å². The lowest BCUT2D eigenvalue weighted by Crippen LogP contribution is -2.45. The number of nitrogens with zero attached hydrogens (tertiary/aromatic N) is 3. The number of fused-ring (bicyclic) bond motifs is 1. The fourth-order valence-electron chi connectivity index (χ4n) is 4.99. The van der Waals surface area contributed by atoms with Gasteiger partial charge in [-0.3, -0.25) is 0 Å². The van der Waals surface area contributed by atoms with E-state index in [0.29, 0.717) is 17.6 Å². The summed E-state index contributed by atoms with van der Waals surface area (Å²) in [4.78, 5) is 11.7. The Morgan fingerprint density at radius 2 is 1.83 bits per heavy atom. The number of nitrogens with one attached hydrogen (secondary N) is 2. The first-order valence-corrected chi connectivity index (χ1v) is 12.9. The first-order valence-electron chi connectivity index (χ1n) is 12.1. The molecule has 0 aliphatic carbocycles. The maximum absolute atomic E-state index is 6.13. The highest BCUT2D eigenvalue weighted by molar-refractivity contribution is 7.80. The van der Waals surface area contributed by atoms with Crippen molar-refractivity contribution in [3.8, 4) is 0 Å². The summed E-state index contributed by atoms with van der Waals surface area (Å²) in [5.41, 5.74) is 4.86. The SMILES string of the molecule is Cc1cc(N2CCc3ccccc3C2)nc(NC(=S)NCC2(c3ccc(Cl)cc3)CCOCC2)n1. The Balaban J connectivity index is 1.27. The Bertz CT molecular complexity index is 1200. The quantitative estimate of drug-likeness (QED) is 0.469. The molecule has 0 bridgehead atoms. The van der Waals surface area contributed by atoms with E-state index in [0.717, 1.165) is 62.1 Å². The fraction of sp³-hybridized carbons (Fsp3) is 0.370. The molecule has 0 radical (unpaired) electrons.